The minimum Gasteiger partial charge on any atom is -0.392 e. The Labute approximate surface area is 113 Å². The molecule has 1 aromatic carbocycles. The number of rotatable bonds is 5. The molecule has 2 N–H and O–H groups in total. The first-order valence-electron chi connectivity index (χ1n) is 7.10. The Hall–Kier alpha value is -0.860. The maximum absolute atomic E-state index is 8.54. The zero-order valence-corrected chi connectivity index (χ0v) is 12.7. The average Bonchev–Trinajstić information content (AvgIpc) is 2.48. The van der Waals surface area contributed by atoms with Gasteiger partial charge in [0.1, 0.15) is 0 Å². The first-order valence-corrected chi connectivity index (χ1v) is 7.10. The van der Waals surface area contributed by atoms with Gasteiger partial charge in [0.2, 0.25) is 0 Å². The SMILES string of the molecule is CC.CCCC(CC)NC.OCc1ccccc1. The Morgan fingerprint density at radius 1 is 1.11 bits per heavy atom. The molecule has 0 fully saturated rings. The number of hydrogen-bond donors (Lipinski definition) is 2. The van der Waals surface area contributed by atoms with Crippen molar-refractivity contribution in [3.05, 3.63) is 35.9 Å². The van der Waals surface area contributed by atoms with E-state index in [0.29, 0.717) is 0 Å². The summed E-state index contributed by atoms with van der Waals surface area (Å²) < 4.78 is 0. The average molecular weight is 253 g/mol. The molecule has 1 rings (SSSR count). The summed E-state index contributed by atoms with van der Waals surface area (Å²) in [5.74, 6) is 0. The van der Waals surface area contributed by atoms with Gasteiger partial charge in [-0.1, -0.05) is 64.4 Å². The molecule has 2 heteroatoms. The largest absolute Gasteiger partial charge is 0.392 e. The minimum absolute atomic E-state index is 0.140. The lowest BCUT2D eigenvalue weighted by atomic mass is 10.1. The van der Waals surface area contributed by atoms with E-state index >= 15 is 0 Å². The Bertz CT molecular complexity index is 232. The fraction of sp³-hybridized carbons (Fsp3) is 0.625. The molecule has 0 aliphatic carbocycles. The number of hydrogen-bond acceptors (Lipinski definition) is 2. The van der Waals surface area contributed by atoms with Crippen LogP contribution in [0.3, 0.4) is 0 Å². The van der Waals surface area contributed by atoms with Crippen LogP contribution >= 0.6 is 0 Å². The molecule has 18 heavy (non-hydrogen) atoms. The van der Waals surface area contributed by atoms with Crippen molar-refractivity contribution in [3.8, 4) is 0 Å². The lowest BCUT2D eigenvalue weighted by Gasteiger charge is -2.10. The smallest absolute Gasteiger partial charge is 0.0681 e. The number of nitrogens with one attached hydrogen (secondary N) is 1. The molecule has 0 radical (unpaired) electrons. The van der Waals surface area contributed by atoms with E-state index in [-0.39, 0.29) is 6.61 Å². The van der Waals surface area contributed by atoms with Gasteiger partial charge in [-0.3, -0.25) is 0 Å². The minimum atomic E-state index is 0.140. The van der Waals surface area contributed by atoms with E-state index in [0.717, 1.165) is 11.6 Å². The van der Waals surface area contributed by atoms with Crippen molar-refractivity contribution in [3.63, 3.8) is 0 Å². The quantitative estimate of drug-likeness (QED) is 0.831. The molecule has 1 unspecified atom stereocenters. The van der Waals surface area contributed by atoms with Gasteiger partial charge in [-0.15, -0.1) is 0 Å². The maximum Gasteiger partial charge on any atom is 0.0681 e. The highest BCUT2D eigenvalue weighted by molar-refractivity contribution is 5.12. The lowest BCUT2D eigenvalue weighted by molar-refractivity contribution is 0.282. The van der Waals surface area contributed by atoms with Gasteiger partial charge < -0.3 is 10.4 Å². The fourth-order valence-electron chi connectivity index (χ4n) is 1.48. The third-order valence-electron chi connectivity index (χ3n) is 2.56. The number of aliphatic hydroxyl groups is 1. The van der Waals surface area contributed by atoms with Crippen LogP contribution in [-0.2, 0) is 6.61 Å². The molecule has 106 valence electrons. The molecule has 2 nitrogen and oxygen atoms in total. The highest BCUT2D eigenvalue weighted by Crippen LogP contribution is 1.98. The van der Waals surface area contributed by atoms with E-state index < -0.39 is 0 Å². The van der Waals surface area contributed by atoms with Gasteiger partial charge in [0.05, 0.1) is 6.61 Å². The second-order valence-electron chi connectivity index (χ2n) is 3.83. The molecule has 0 heterocycles. The lowest BCUT2D eigenvalue weighted by Crippen LogP contribution is -2.23. The Balaban J connectivity index is 0. The van der Waals surface area contributed by atoms with Crippen LogP contribution in [0.25, 0.3) is 0 Å². The van der Waals surface area contributed by atoms with Crippen LogP contribution in [0.5, 0.6) is 0 Å². The standard InChI is InChI=1S/C7H17N.C7H8O.C2H6/c1-4-6-7(5-2)8-3;8-6-7-4-2-1-3-5-7;1-2/h7-8H,4-6H2,1-3H3;1-5,8H,6H2;1-2H3. The van der Waals surface area contributed by atoms with Gasteiger partial charge in [0, 0.05) is 6.04 Å². The monoisotopic (exact) mass is 253 g/mol. The van der Waals surface area contributed by atoms with Crippen molar-refractivity contribution in [2.45, 2.75) is 59.6 Å². The summed E-state index contributed by atoms with van der Waals surface area (Å²) in [4.78, 5) is 0. The molecule has 0 aromatic heterocycles. The van der Waals surface area contributed by atoms with Gasteiger partial charge in [-0.2, -0.15) is 0 Å². The summed E-state index contributed by atoms with van der Waals surface area (Å²) in [6.45, 7) is 8.58. The fourth-order valence-corrected chi connectivity index (χ4v) is 1.48. The van der Waals surface area contributed by atoms with Crippen LogP contribution in [0.15, 0.2) is 30.3 Å². The molecule has 1 aromatic rings. The number of benzene rings is 1. The molecular weight excluding hydrogens is 222 g/mol. The summed E-state index contributed by atoms with van der Waals surface area (Å²) in [6, 6.07) is 10.3. The third-order valence-corrected chi connectivity index (χ3v) is 2.56. The Morgan fingerprint density at radius 2 is 1.67 bits per heavy atom. The van der Waals surface area contributed by atoms with Crippen LogP contribution in [0.4, 0.5) is 0 Å². The van der Waals surface area contributed by atoms with E-state index in [1.54, 1.807) is 0 Å². The van der Waals surface area contributed by atoms with Gasteiger partial charge >= 0.3 is 0 Å². The Morgan fingerprint density at radius 3 is 1.89 bits per heavy atom. The molecule has 0 spiro atoms. The molecular formula is C16H31NO. The van der Waals surface area contributed by atoms with Gasteiger partial charge in [-0.05, 0) is 25.5 Å². The summed E-state index contributed by atoms with van der Waals surface area (Å²) in [5.41, 5.74) is 0.965. The van der Waals surface area contributed by atoms with Crippen molar-refractivity contribution in [2.24, 2.45) is 0 Å². The molecule has 0 bridgehead atoms. The van der Waals surface area contributed by atoms with E-state index in [1.807, 2.05) is 51.2 Å². The van der Waals surface area contributed by atoms with Gasteiger partial charge in [0.25, 0.3) is 0 Å². The first kappa shape index (κ1) is 19.5. The normalized spacial score (nSPS) is 10.6. The predicted octanol–water partition coefficient (Wildman–Crippen LogP) is 3.99. The van der Waals surface area contributed by atoms with Crippen molar-refractivity contribution < 1.29 is 5.11 Å². The molecule has 0 saturated heterocycles. The van der Waals surface area contributed by atoms with Crippen LogP contribution in [-0.4, -0.2) is 18.2 Å². The van der Waals surface area contributed by atoms with Gasteiger partial charge in [0.15, 0.2) is 0 Å². The number of aliphatic hydroxyl groups excluding tert-OH is 1. The summed E-state index contributed by atoms with van der Waals surface area (Å²) in [6.07, 6.45) is 3.86. The molecule has 0 saturated carbocycles. The third kappa shape index (κ3) is 11.6. The second-order valence-corrected chi connectivity index (χ2v) is 3.83. The second kappa shape index (κ2) is 16.1. The maximum atomic E-state index is 8.54. The zero-order valence-electron chi connectivity index (χ0n) is 12.7. The van der Waals surface area contributed by atoms with E-state index in [1.165, 1.54) is 19.3 Å². The summed E-state index contributed by atoms with van der Waals surface area (Å²) >= 11 is 0. The summed E-state index contributed by atoms with van der Waals surface area (Å²) in [7, 11) is 2.03. The summed E-state index contributed by atoms with van der Waals surface area (Å²) in [5, 5.41) is 11.8. The first-order chi connectivity index (χ1) is 8.78. The highest BCUT2D eigenvalue weighted by Gasteiger charge is 1.97. The molecule has 0 aliphatic rings. The van der Waals surface area contributed by atoms with E-state index in [4.69, 9.17) is 5.11 Å². The zero-order chi connectivity index (χ0) is 14.2. The van der Waals surface area contributed by atoms with E-state index in [9.17, 15) is 0 Å². The Kier molecular flexibility index (Phi) is 17.5. The van der Waals surface area contributed by atoms with Crippen LogP contribution in [0.2, 0.25) is 0 Å². The predicted molar refractivity (Wildman–Crippen MR) is 81.8 cm³/mol. The van der Waals surface area contributed by atoms with Gasteiger partial charge in [-0.25, -0.2) is 0 Å². The van der Waals surface area contributed by atoms with Crippen LogP contribution in [0, 0.1) is 0 Å². The molecule has 1 atom stereocenters. The topological polar surface area (TPSA) is 32.3 Å². The molecule has 0 amide bonds. The molecule has 0 aliphatic heterocycles. The van der Waals surface area contributed by atoms with Crippen molar-refractivity contribution in [2.75, 3.05) is 7.05 Å². The van der Waals surface area contributed by atoms with Crippen molar-refractivity contribution >= 4 is 0 Å². The highest BCUT2D eigenvalue weighted by atomic mass is 16.3. The van der Waals surface area contributed by atoms with Crippen molar-refractivity contribution in [1.29, 1.82) is 0 Å². The van der Waals surface area contributed by atoms with Crippen LogP contribution in [0.1, 0.15) is 52.5 Å². The van der Waals surface area contributed by atoms with Crippen molar-refractivity contribution in [1.82, 2.24) is 5.32 Å². The van der Waals surface area contributed by atoms with Crippen LogP contribution < -0.4 is 5.32 Å². The van der Waals surface area contributed by atoms with E-state index in [2.05, 4.69) is 19.2 Å².